The number of hydrogen-bond acceptors (Lipinski definition) is 4. The number of halogens is 1. The van der Waals surface area contributed by atoms with Crippen molar-refractivity contribution < 1.29 is 9.47 Å². The Morgan fingerprint density at radius 1 is 1.36 bits per heavy atom. The van der Waals surface area contributed by atoms with E-state index in [2.05, 4.69) is 21.4 Å². The normalized spacial score (nSPS) is 10.0. The molecule has 1 aromatic rings. The van der Waals surface area contributed by atoms with Crippen molar-refractivity contribution in [3.8, 4) is 11.5 Å². The van der Waals surface area contributed by atoms with Crippen LogP contribution in [0.2, 0.25) is 0 Å². The summed E-state index contributed by atoms with van der Waals surface area (Å²) in [5.41, 5.74) is 3.53. The van der Waals surface area contributed by atoms with E-state index >= 15 is 0 Å². The minimum Gasteiger partial charge on any atom is -0.493 e. The van der Waals surface area contributed by atoms with Gasteiger partial charge in [0.05, 0.1) is 14.2 Å². The van der Waals surface area contributed by atoms with E-state index in [-0.39, 0.29) is 0 Å². The van der Waals surface area contributed by atoms with Crippen LogP contribution in [-0.4, -0.2) is 14.2 Å². The highest BCUT2D eigenvalue weighted by molar-refractivity contribution is 9.10. The molecule has 0 aromatic heterocycles. The highest BCUT2D eigenvalue weighted by Crippen LogP contribution is 2.34. The molecule has 5 heteroatoms. The van der Waals surface area contributed by atoms with E-state index in [1.165, 1.54) is 0 Å². The van der Waals surface area contributed by atoms with Gasteiger partial charge in [-0.2, -0.15) is 0 Å². The Kier molecular flexibility index (Phi) is 4.19. The van der Waals surface area contributed by atoms with Crippen molar-refractivity contribution in [1.29, 1.82) is 0 Å². The molecule has 0 unspecified atom stereocenters. The van der Waals surface area contributed by atoms with Crippen molar-refractivity contribution in [1.82, 2.24) is 5.43 Å². The maximum absolute atomic E-state index is 5.26. The second-order valence-electron chi connectivity index (χ2n) is 2.68. The number of hydrazine groups is 1. The lowest BCUT2D eigenvalue weighted by Crippen LogP contribution is -2.21. The van der Waals surface area contributed by atoms with Crippen molar-refractivity contribution in [2.24, 2.45) is 5.84 Å². The number of nitrogens with two attached hydrogens (primary N) is 1. The van der Waals surface area contributed by atoms with Gasteiger partial charge in [-0.25, -0.2) is 0 Å². The van der Waals surface area contributed by atoms with Crippen molar-refractivity contribution in [3.63, 3.8) is 0 Å². The zero-order chi connectivity index (χ0) is 10.6. The summed E-state index contributed by atoms with van der Waals surface area (Å²) in [4.78, 5) is 0. The summed E-state index contributed by atoms with van der Waals surface area (Å²) < 4.78 is 11.3. The fraction of sp³-hybridized carbons (Fsp3) is 0.333. The minimum atomic E-state index is 0.527. The number of hydrogen-bond donors (Lipinski definition) is 2. The topological polar surface area (TPSA) is 56.5 Å². The highest BCUT2D eigenvalue weighted by atomic mass is 79.9. The van der Waals surface area contributed by atoms with E-state index in [4.69, 9.17) is 15.3 Å². The van der Waals surface area contributed by atoms with Gasteiger partial charge in [-0.15, -0.1) is 0 Å². The molecule has 3 N–H and O–H groups in total. The van der Waals surface area contributed by atoms with Gasteiger partial charge in [0.1, 0.15) is 0 Å². The number of nitrogens with one attached hydrogen (secondary N) is 1. The molecule has 0 amide bonds. The van der Waals surface area contributed by atoms with Gasteiger partial charge in [0.2, 0.25) is 0 Å². The standard InChI is InChI=1S/C9H13BrN2O2/c1-13-8-4-7(10)3-6(5-12-11)9(8)14-2/h3-4,12H,5,11H2,1-2H3. The van der Waals surface area contributed by atoms with Gasteiger partial charge in [-0.1, -0.05) is 15.9 Å². The van der Waals surface area contributed by atoms with Crippen LogP contribution in [-0.2, 0) is 6.54 Å². The Labute approximate surface area is 91.5 Å². The molecule has 0 atom stereocenters. The van der Waals surface area contributed by atoms with Crippen LogP contribution < -0.4 is 20.7 Å². The van der Waals surface area contributed by atoms with Crippen LogP contribution >= 0.6 is 15.9 Å². The van der Waals surface area contributed by atoms with Crippen LogP contribution in [0.4, 0.5) is 0 Å². The van der Waals surface area contributed by atoms with E-state index in [1.54, 1.807) is 14.2 Å². The molecule has 1 aromatic carbocycles. The molecular formula is C9H13BrN2O2. The average Bonchev–Trinajstić information content (AvgIpc) is 2.17. The summed E-state index contributed by atoms with van der Waals surface area (Å²) >= 11 is 3.38. The van der Waals surface area contributed by atoms with E-state index in [0.29, 0.717) is 18.0 Å². The third-order valence-electron chi connectivity index (χ3n) is 1.81. The number of methoxy groups -OCH3 is 2. The molecule has 0 fully saturated rings. The Balaban J connectivity index is 3.17. The minimum absolute atomic E-state index is 0.527. The molecule has 0 spiro atoms. The van der Waals surface area contributed by atoms with E-state index in [9.17, 15) is 0 Å². The summed E-state index contributed by atoms with van der Waals surface area (Å²) in [5.74, 6) is 6.65. The number of ether oxygens (including phenoxy) is 2. The summed E-state index contributed by atoms with van der Waals surface area (Å²) in [6, 6.07) is 3.78. The highest BCUT2D eigenvalue weighted by Gasteiger charge is 2.10. The molecule has 1 rings (SSSR count). The van der Waals surface area contributed by atoms with E-state index in [0.717, 1.165) is 10.0 Å². The van der Waals surface area contributed by atoms with Gasteiger partial charge in [0.15, 0.2) is 11.5 Å². The predicted molar refractivity (Wildman–Crippen MR) is 58.3 cm³/mol. The second-order valence-corrected chi connectivity index (χ2v) is 3.60. The van der Waals surface area contributed by atoms with Crippen LogP contribution in [0.1, 0.15) is 5.56 Å². The number of benzene rings is 1. The van der Waals surface area contributed by atoms with Gasteiger partial charge in [-0.3, -0.25) is 11.3 Å². The van der Waals surface area contributed by atoms with Gasteiger partial charge >= 0.3 is 0 Å². The first-order chi connectivity index (χ1) is 6.72. The second kappa shape index (κ2) is 5.19. The molecular weight excluding hydrogens is 248 g/mol. The lowest BCUT2D eigenvalue weighted by atomic mass is 10.2. The monoisotopic (exact) mass is 260 g/mol. The smallest absolute Gasteiger partial charge is 0.165 e. The Morgan fingerprint density at radius 3 is 2.57 bits per heavy atom. The molecule has 4 nitrogen and oxygen atoms in total. The van der Waals surface area contributed by atoms with Gasteiger partial charge < -0.3 is 9.47 Å². The SMILES string of the molecule is COc1cc(Br)cc(CNN)c1OC. The fourth-order valence-corrected chi connectivity index (χ4v) is 1.73. The predicted octanol–water partition coefficient (Wildman–Crippen LogP) is 1.43. The van der Waals surface area contributed by atoms with E-state index in [1.807, 2.05) is 12.1 Å². The first kappa shape index (κ1) is 11.3. The molecule has 0 aliphatic carbocycles. The zero-order valence-electron chi connectivity index (χ0n) is 8.13. The Hall–Kier alpha value is -0.780. The Morgan fingerprint density at radius 2 is 2.07 bits per heavy atom. The van der Waals surface area contributed by atoms with E-state index < -0.39 is 0 Å². The lowest BCUT2D eigenvalue weighted by molar-refractivity contribution is 0.350. The summed E-state index contributed by atoms with van der Waals surface area (Å²) in [6.07, 6.45) is 0. The summed E-state index contributed by atoms with van der Waals surface area (Å²) in [5, 5.41) is 0. The van der Waals surface area contributed by atoms with Crippen LogP contribution in [0.5, 0.6) is 11.5 Å². The molecule has 0 aliphatic heterocycles. The van der Waals surface area contributed by atoms with Gasteiger partial charge in [0, 0.05) is 16.6 Å². The van der Waals surface area contributed by atoms with Gasteiger partial charge in [0.25, 0.3) is 0 Å². The third-order valence-corrected chi connectivity index (χ3v) is 2.27. The molecule has 78 valence electrons. The first-order valence-corrected chi connectivity index (χ1v) is 4.86. The van der Waals surface area contributed by atoms with Gasteiger partial charge in [-0.05, 0) is 12.1 Å². The van der Waals surface area contributed by atoms with Crippen molar-refractivity contribution in [3.05, 3.63) is 22.2 Å². The van der Waals surface area contributed by atoms with Crippen LogP contribution in [0.25, 0.3) is 0 Å². The number of rotatable bonds is 4. The molecule has 14 heavy (non-hydrogen) atoms. The van der Waals surface area contributed by atoms with Crippen molar-refractivity contribution >= 4 is 15.9 Å². The average molecular weight is 261 g/mol. The summed E-state index contributed by atoms with van der Waals surface area (Å²) in [6.45, 7) is 0.527. The Bertz CT molecular complexity index is 318. The molecule has 0 saturated carbocycles. The first-order valence-electron chi connectivity index (χ1n) is 4.06. The zero-order valence-corrected chi connectivity index (χ0v) is 9.72. The third kappa shape index (κ3) is 2.37. The largest absolute Gasteiger partial charge is 0.493 e. The lowest BCUT2D eigenvalue weighted by Gasteiger charge is -2.12. The van der Waals surface area contributed by atoms with Crippen LogP contribution in [0.15, 0.2) is 16.6 Å². The van der Waals surface area contributed by atoms with Crippen molar-refractivity contribution in [2.45, 2.75) is 6.54 Å². The maximum atomic E-state index is 5.26. The molecule has 0 saturated heterocycles. The van der Waals surface area contributed by atoms with Crippen LogP contribution in [0.3, 0.4) is 0 Å². The molecule has 0 radical (unpaired) electrons. The van der Waals surface area contributed by atoms with Crippen LogP contribution in [0, 0.1) is 0 Å². The quantitative estimate of drug-likeness (QED) is 0.636. The van der Waals surface area contributed by atoms with Crippen molar-refractivity contribution in [2.75, 3.05) is 14.2 Å². The molecule has 0 aliphatic rings. The summed E-state index contributed by atoms with van der Waals surface area (Å²) in [7, 11) is 3.20. The fourth-order valence-electron chi connectivity index (χ4n) is 1.25. The maximum Gasteiger partial charge on any atom is 0.165 e. The molecule has 0 heterocycles. The molecule has 0 bridgehead atoms.